The Morgan fingerprint density at radius 2 is 1.88 bits per heavy atom. The molecule has 0 aliphatic heterocycles. The molecular formula is C12H17N3O2. The zero-order chi connectivity index (χ0) is 12.8. The Balaban J connectivity index is 2.55. The smallest absolute Gasteiger partial charge is 0.240 e. The molecule has 5 nitrogen and oxygen atoms in total. The molecule has 92 valence electrons. The van der Waals surface area contributed by atoms with E-state index >= 15 is 0 Å². The number of nitrogens with zero attached hydrogens (tertiary/aromatic N) is 1. The molecule has 0 aromatic heterocycles. The molecule has 0 radical (unpaired) electrons. The van der Waals surface area contributed by atoms with Gasteiger partial charge in [0, 0.05) is 7.05 Å². The van der Waals surface area contributed by atoms with Crippen molar-refractivity contribution in [2.24, 2.45) is 11.5 Å². The van der Waals surface area contributed by atoms with Crippen LogP contribution in [0.1, 0.15) is 5.56 Å². The second-order valence-corrected chi connectivity index (χ2v) is 3.96. The largest absolute Gasteiger partial charge is 0.368 e. The first kappa shape index (κ1) is 13.2. The Labute approximate surface area is 100 Å². The van der Waals surface area contributed by atoms with E-state index in [1.165, 1.54) is 11.9 Å². The molecule has 0 aliphatic rings. The second kappa shape index (κ2) is 6.00. The van der Waals surface area contributed by atoms with E-state index in [0.717, 1.165) is 5.56 Å². The first-order valence-electron chi connectivity index (χ1n) is 5.33. The van der Waals surface area contributed by atoms with E-state index < -0.39 is 11.9 Å². The predicted octanol–water partition coefficient (Wildman–Crippen LogP) is -0.500. The van der Waals surface area contributed by atoms with Gasteiger partial charge in [0.1, 0.15) is 0 Å². The monoisotopic (exact) mass is 235 g/mol. The molecule has 2 amide bonds. The average Bonchev–Trinajstić information content (AvgIpc) is 2.28. The zero-order valence-corrected chi connectivity index (χ0v) is 9.80. The van der Waals surface area contributed by atoms with E-state index in [9.17, 15) is 9.59 Å². The Bertz CT molecular complexity index is 392. The lowest BCUT2D eigenvalue weighted by Crippen LogP contribution is -2.45. The highest BCUT2D eigenvalue weighted by Crippen LogP contribution is 2.03. The van der Waals surface area contributed by atoms with Crippen molar-refractivity contribution in [2.45, 2.75) is 12.5 Å². The van der Waals surface area contributed by atoms with Crippen LogP contribution >= 0.6 is 0 Å². The first-order valence-corrected chi connectivity index (χ1v) is 5.33. The summed E-state index contributed by atoms with van der Waals surface area (Å²) in [6.45, 7) is -0.110. The number of hydrogen-bond acceptors (Lipinski definition) is 3. The highest BCUT2D eigenvalue weighted by atomic mass is 16.2. The quantitative estimate of drug-likeness (QED) is 0.721. The van der Waals surface area contributed by atoms with E-state index in [-0.39, 0.29) is 12.5 Å². The number of hydrogen-bond donors (Lipinski definition) is 2. The summed E-state index contributed by atoms with van der Waals surface area (Å²) >= 11 is 0. The molecular weight excluding hydrogens is 218 g/mol. The molecule has 0 bridgehead atoms. The van der Waals surface area contributed by atoms with E-state index in [0.29, 0.717) is 6.42 Å². The molecule has 0 fully saturated rings. The number of primary amides is 1. The van der Waals surface area contributed by atoms with Crippen molar-refractivity contribution in [3.05, 3.63) is 35.9 Å². The molecule has 1 atom stereocenters. The number of carbonyl (C=O) groups excluding carboxylic acids is 2. The highest BCUT2D eigenvalue weighted by molar-refractivity contribution is 5.86. The second-order valence-electron chi connectivity index (χ2n) is 3.96. The maximum Gasteiger partial charge on any atom is 0.240 e. The molecule has 0 spiro atoms. The van der Waals surface area contributed by atoms with Crippen molar-refractivity contribution in [2.75, 3.05) is 13.6 Å². The van der Waals surface area contributed by atoms with Gasteiger partial charge >= 0.3 is 0 Å². The molecule has 0 aliphatic carbocycles. The van der Waals surface area contributed by atoms with Gasteiger partial charge in [-0.1, -0.05) is 30.3 Å². The fourth-order valence-electron chi connectivity index (χ4n) is 1.55. The summed E-state index contributed by atoms with van der Waals surface area (Å²) < 4.78 is 0. The fourth-order valence-corrected chi connectivity index (χ4v) is 1.55. The number of likely N-dealkylation sites (N-methyl/N-ethyl adjacent to an activating group) is 1. The Kier molecular flexibility index (Phi) is 4.66. The third-order valence-corrected chi connectivity index (χ3v) is 2.38. The molecule has 17 heavy (non-hydrogen) atoms. The molecule has 0 saturated heterocycles. The topological polar surface area (TPSA) is 89.4 Å². The maximum atomic E-state index is 11.8. The van der Waals surface area contributed by atoms with E-state index in [1.807, 2.05) is 30.3 Å². The van der Waals surface area contributed by atoms with Crippen LogP contribution in [0.4, 0.5) is 0 Å². The van der Waals surface area contributed by atoms with E-state index in [2.05, 4.69) is 0 Å². The summed E-state index contributed by atoms with van der Waals surface area (Å²) in [5.74, 6) is -0.833. The van der Waals surface area contributed by atoms with Crippen LogP contribution in [0.3, 0.4) is 0 Å². The SMILES string of the molecule is CN(CC(N)=O)C(=O)[C@H](N)Cc1ccccc1. The van der Waals surface area contributed by atoms with Crippen LogP contribution in [0.5, 0.6) is 0 Å². The van der Waals surface area contributed by atoms with E-state index in [4.69, 9.17) is 11.5 Å². The highest BCUT2D eigenvalue weighted by Gasteiger charge is 2.19. The average molecular weight is 235 g/mol. The van der Waals surface area contributed by atoms with Crippen LogP contribution in [0.15, 0.2) is 30.3 Å². The van der Waals surface area contributed by atoms with Crippen molar-refractivity contribution in [1.82, 2.24) is 4.90 Å². The fraction of sp³-hybridized carbons (Fsp3) is 0.333. The zero-order valence-electron chi connectivity index (χ0n) is 9.80. The predicted molar refractivity (Wildman–Crippen MR) is 65.0 cm³/mol. The summed E-state index contributed by atoms with van der Waals surface area (Å²) in [6.07, 6.45) is 0.447. The summed E-state index contributed by atoms with van der Waals surface area (Å²) in [7, 11) is 1.51. The van der Waals surface area contributed by atoms with Crippen LogP contribution in [-0.2, 0) is 16.0 Å². The minimum Gasteiger partial charge on any atom is -0.368 e. The minimum atomic E-state index is -0.651. The van der Waals surface area contributed by atoms with Gasteiger partial charge in [0.2, 0.25) is 11.8 Å². The van der Waals surface area contributed by atoms with Gasteiger partial charge in [-0.3, -0.25) is 9.59 Å². The minimum absolute atomic E-state index is 0.110. The summed E-state index contributed by atoms with van der Waals surface area (Å²) in [5, 5.41) is 0. The normalized spacial score (nSPS) is 11.9. The number of nitrogens with two attached hydrogens (primary N) is 2. The standard InChI is InChI=1S/C12H17N3O2/c1-15(8-11(14)16)12(17)10(13)7-9-5-3-2-4-6-9/h2-6,10H,7-8,13H2,1H3,(H2,14,16)/t10-/m1/s1. The maximum absolute atomic E-state index is 11.8. The van der Waals surface area contributed by atoms with Gasteiger partial charge in [0.25, 0.3) is 0 Å². The molecule has 5 heteroatoms. The number of amides is 2. The van der Waals surface area contributed by atoms with Gasteiger partial charge in [0.15, 0.2) is 0 Å². The van der Waals surface area contributed by atoms with Crippen LogP contribution in [-0.4, -0.2) is 36.3 Å². The molecule has 0 saturated carbocycles. The lowest BCUT2D eigenvalue weighted by Gasteiger charge is -2.19. The van der Waals surface area contributed by atoms with Crippen LogP contribution in [0, 0.1) is 0 Å². The number of benzene rings is 1. The van der Waals surface area contributed by atoms with Crippen molar-refractivity contribution in [3.63, 3.8) is 0 Å². The van der Waals surface area contributed by atoms with Crippen LogP contribution < -0.4 is 11.5 Å². The summed E-state index contributed by atoms with van der Waals surface area (Å²) in [5.41, 5.74) is 11.8. The van der Waals surface area contributed by atoms with Gasteiger partial charge in [-0.05, 0) is 12.0 Å². The molecule has 1 aromatic carbocycles. The van der Waals surface area contributed by atoms with E-state index in [1.54, 1.807) is 0 Å². The number of rotatable bonds is 5. The van der Waals surface area contributed by atoms with Gasteiger partial charge in [-0.25, -0.2) is 0 Å². The lowest BCUT2D eigenvalue weighted by atomic mass is 10.1. The van der Waals surface area contributed by atoms with Gasteiger partial charge in [-0.15, -0.1) is 0 Å². The van der Waals surface area contributed by atoms with Crippen molar-refractivity contribution >= 4 is 11.8 Å². The molecule has 0 heterocycles. The third-order valence-electron chi connectivity index (χ3n) is 2.38. The van der Waals surface area contributed by atoms with Crippen LogP contribution in [0.25, 0.3) is 0 Å². The number of carbonyl (C=O) groups is 2. The molecule has 4 N–H and O–H groups in total. The van der Waals surface area contributed by atoms with Crippen LogP contribution in [0.2, 0.25) is 0 Å². The van der Waals surface area contributed by atoms with Crippen molar-refractivity contribution in [1.29, 1.82) is 0 Å². The lowest BCUT2D eigenvalue weighted by molar-refractivity contribution is -0.134. The molecule has 0 unspecified atom stereocenters. The summed E-state index contributed by atoms with van der Waals surface area (Å²) in [4.78, 5) is 23.7. The van der Waals surface area contributed by atoms with Gasteiger partial charge in [0.05, 0.1) is 12.6 Å². The Morgan fingerprint density at radius 3 is 2.41 bits per heavy atom. The third kappa shape index (κ3) is 4.24. The van der Waals surface area contributed by atoms with Crippen molar-refractivity contribution in [3.8, 4) is 0 Å². The van der Waals surface area contributed by atoms with Gasteiger partial charge < -0.3 is 16.4 Å². The Morgan fingerprint density at radius 1 is 1.29 bits per heavy atom. The molecule has 1 aromatic rings. The van der Waals surface area contributed by atoms with Crippen molar-refractivity contribution < 1.29 is 9.59 Å². The summed E-state index contributed by atoms with van der Waals surface area (Å²) in [6, 6.07) is 8.83. The first-order chi connectivity index (χ1) is 8.00. The Hall–Kier alpha value is -1.88. The molecule has 1 rings (SSSR count). The van der Waals surface area contributed by atoms with Gasteiger partial charge in [-0.2, -0.15) is 0 Å².